The molecule has 0 N–H and O–H groups in total. The van der Waals surface area contributed by atoms with Crippen LogP contribution >= 0.6 is 0 Å². The lowest BCUT2D eigenvalue weighted by Gasteiger charge is -2.67. The zero-order chi connectivity index (χ0) is 19.7. The highest BCUT2D eigenvalue weighted by Gasteiger charge is 3.08. The maximum Gasteiger partial charge on any atom is 0.160 e. The molecule has 148 valence electrons. The zero-order valence-electron chi connectivity index (χ0n) is 16.3. The van der Waals surface area contributed by atoms with Gasteiger partial charge in [-0.3, -0.25) is 19.2 Å². The number of ketones is 4. The summed E-state index contributed by atoms with van der Waals surface area (Å²) >= 11 is 0. The topological polar surface area (TPSA) is 68.3 Å². The van der Waals surface area contributed by atoms with Crippen molar-refractivity contribution in [1.82, 2.24) is 0 Å². The maximum atomic E-state index is 14.8. The van der Waals surface area contributed by atoms with Crippen LogP contribution in [0.3, 0.4) is 0 Å². The molecule has 6 bridgehead atoms. The molecule has 0 amide bonds. The van der Waals surface area contributed by atoms with E-state index in [0.717, 1.165) is 12.8 Å². The van der Waals surface area contributed by atoms with Crippen LogP contribution in [0, 0.1) is 80.8 Å². The van der Waals surface area contributed by atoms with Crippen LogP contribution in [0.5, 0.6) is 0 Å². The third kappa shape index (κ3) is 0.786. The van der Waals surface area contributed by atoms with Gasteiger partial charge in [-0.25, -0.2) is 0 Å². The molecule has 0 saturated heterocycles. The molecule has 0 aromatic rings. The molecule has 14 atom stereocenters. The molecule has 4 spiro atoms. The van der Waals surface area contributed by atoms with E-state index < -0.39 is 33.5 Å². The van der Waals surface area contributed by atoms with Gasteiger partial charge in [-0.2, -0.15) is 0 Å². The summed E-state index contributed by atoms with van der Waals surface area (Å²) in [6.45, 7) is 0. The summed E-state index contributed by atoms with van der Waals surface area (Å²) < 4.78 is 0. The minimum Gasteiger partial charge on any atom is -0.298 e. The van der Waals surface area contributed by atoms with E-state index in [-0.39, 0.29) is 47.1 Å². The Morgan fingerprint density at radius 1 is 0.600 bits per heavy atom. The molecule has 11 aliphatic carbocycles. The van der Waals surface area contributed by atoms with Crippen molar-refractivity contribution < 1.29 is 19.2 Å². The van der Waals surface area contributed by atoms with Gasteiger partial charge in [0, 0.05) is 23.7 Å². The van der Waals surface area contributed by atoms with Crippen LogP contribution in [0.25, 0.3) is 0 Å². The van der Waals surface area contributed by atoms with Crippen LogP contribution in [0.15, 0.2) is 36.5 Å². The van der Waals surface area contributed by atoms with E-state index in [2.05, 4.69) is 24.3 Å². The SMILES string of the molecule is O=C1C=CC(=O)[C@H]2[C@@H]1[C@H]1C=C[C@@H]2[C@]23C(=O)[C@]45[C@H]6[C@@H]7[C@H](C[C@H]62)[C@]13C(=O)[C@@]74[C@@H]1C=C[C@H]5C1. The Bertz CT molecular complexity index is 1150. The Hall–Kier alpha value is -2.10. The van der Waals surface area contributed by atoms with Crippen molar-refractivity contribution in [2.45, 2.75) is 12.8 Å². The summed E-state index contributed by atoms with van der Waals surface area (Å²) in [4.78, 5) is 55.8. The molecule has 7 fully saturated rings. The number of hydrogen-bond acceptors (Lipinski definition) is 4. The largest absolute Gasteiger partial charge is 0.298 e. The highest BCUT2D eigenvalue weighted by molar-refractivity contribution is 6.20. The van der Waals surface area contributed by atoms with Crippen LogP contribution in [0.1, 0.15) is 12.8 Å². The first-order valence-corrected chi connectivity index (χ1v) is 11.7. The predicted octanol–water partition coefficient (Wildman–Crippen LogP) is 1.96. The highest BCUT2D eigenvalue weighted by Crippen LogP contribution is 3.04. The molecule has 0 aromatic heterocycles. The van der Waals surface area contributed by atoms with Gasteiger partial charge in [0.25, 0.3) is 0 Å². The fourth-order valence-electron chi connectivity index (χ4n) is 13.4. The maximum absolute atomic E-state index is 14.8. The fraction of sp³-hybridized carbons (Fsp3) is 0.615. The van der Waals surface area contributed by atoms with Gasteiger partial charge in [0.1, 0.15) is 11.6 Å². The molecule has 4 nitrogen and oxygen atoms in total. The summed E-state index contributed by atoms with van der Waals surface area (Å²) in [5.74, 6) is 0.986. The van der Waals surface area contributed by atoms with Crippen LogP contribution < -0.4 is 0 Å². The summed E-state index contributed by atoms with van der Waals surface area (Å²) in [7, 11) is 0. The molecule has 4 heteroatoms. The Kier molecular flexibility index (Phi) is 1.73. The molecule has 0 unspecified atom stereocenters. The number of rotatable bonds is 0. The second kappa shape index (κ2) is 3.49. The number of hydrogen-bond donors (Lipinski definition) is 0. The summed E-state index contributed by atoms with van der Waals surface area (Å²) in [5, 5.41) is 0. The lowest BCUT2D eigenvalue weighted by atomic mass is 9.32. The smallest absolute Gasteiger partial charge is 0.160 e. The van der Waals surface area contributed by atoms with Crippen molar-refractivity contribution in [2.75, 3.05) is 0 Å². The molecule has 7 saturated carbocycles. The van der Waals surface area contributed by atoms with Gasteiger partial charge in [0.2, 0.25) is 0 Å². The van der Waals surface area contributed by atoms with Crippen LogP contribution in [-0.2, 0) is 19.2 Å². The van der Waals surface area contributed by atoms with Crippen molar-refractivity contribution in [3.05, 3.63) is 36.5 Å². The predicted molar refractivity (Wildman–Crippen MR) is 101 cm³/mol. The Morgan fingerprint density at radius 3 is 1.53 bits per heavy atom. The van der Waals surface area contributed by atoms with Gasteiger partial charge in [0.05, 0.1) is 21.7 Å². The number of Topliss-reactive ketones (excluding diaryl/α,β-unsaturated/α-hetero) is 2. The number of allylic oxidation sites excluding steroid dienone is 6. The van der Waals surface area contributed by atoms with Gasteiger partial charge in [-0.15, -0.1) is 0 Å². The van der Waals surface area contributed by atoms with Gasteiger partial charge in [-0.1, -0.05) is 24.3 Å². The van der Waals surface area contributed by atoms with E-state index in [4.69, 9.17) is 0 Å². The molecule has 0 aliphatic heterocycles. The van der Waals surface area contributed by atoms with Gasteiger partial charge >= 0.3 is 0 Å². The van der Waals surface area contributed by atoms with E-state index in [1.54, 1.807) is 0 Å². The summed E-state index contributed by atoms with van der Waals surface area (Å²) in [6.07, 6.45) is 13.5. The minimum absolute atomic E-state index is 0.00193. The van der Waals surface area contributed by atoms with Crippen molar-refractivity contribution in [2.24, 2.45) is 80.8 Å². The van der Waals surface area contributed by atoms with Crippen molar-refractivity contribution in [3.8, 4) is 0 Å². The lowest BCUT2D eigenvalue weighted by molar-refractivity contribution is -0.202. The Balaban J connectivity index is 1.38. The fourth-order valence-corrected chi connectivity index (χ4v) is 13.4. The van der Waals surface area contributed by atoms with Crippen molar-refractivity contribution in [3.63, 3.8) is 0 Å². The minimum atomic E-state index is -0.698. The monoisotopic (exact) mass is 396 g/mol. The molecule has 0 heterocycles. The average Bonchev–Trinajstić information content (AvgIpc) is 3.48. The number of carbonyl (C=O) groups is 4. The molecule has 0 aromatic carbocycles. The van der Waals surface area contributed by atoms with E-state index >= 15 is 0 Å². The van der Waals surface area contributed by atoms with E-state index in [1.807, 2.05) is 0 Å². The average molecular weight is 396 g/mol. The van der Waals surface area contributed by atoms with Crippen LogP contribution in [-0.4, -0.2) is 23.1 Å². The first kappa shape index (κ1) is 14.8. The van der Waals surface area contributed by atoms with Crippen molar-refractivity contribution >= 4 is 23.1 Å². The zero-order valence-corrected chi connectivity index (χ0v) is 16.3. The molecule has 11 rings (SSSR count). The first-order chi connectivity index (χ1) is 14.5. The standard InChI is InChI=1S/C26H20O4/c27-15-5-6-16(28)18-12-4-3-11(17(15)18)25-13-8-14-20-19(13)23(21(25)29)9-1-2-10(7-9)24(20,23)22(30)26(12,14)25/h1-6,9-14,17-20H,7-8H2/t9-,10+,11-,12+,13+,14-,17-,18+,19+,20-,23-,24+,25+,26-. The third-order valence-corrected chi connectivity index (χ3v) is 12.9. The first-order valence-electron chi connectivity index (χ1n) is 11.7. The second-order valence-electron chi connectivity index (χ2n) is 12.1. The summed E-state index contributed by atoms with van der Waals surface area (Å²) in [5.41, 5.74) is -2.33. The van der Waals surface area contributed by atoms with Crippen LogP contribution in [0.4, 0.5) is 0 Å². The van der Waals surface area contributed by atoms with Crippen molar-refractivity contribution in [1.29, 1.82) is 0 Å². The Morgan fingerprint density at radius 2 is 1.07 bits per heavy atom. The number of fused-ring (bicyclic) bond motifs is 2. The Labute approximate surface area is 172 Å². The van der Waals surface area contributed by atoms with Gasteiger partial charge in [-0.05, 0) is 60.5 Å². The number of carbonyl (C=O) groups excluding carboxylic acids is 4. The molecule has 11 aliphatic rings. The van der Waals surface area contributed by atoms with E-state index in [9.17, 15) is 19.2 Å². The molecule has 0 radical (unpaired) electrons. The van der Waals surface area contributed by atoms with E-state index in [0.29, 0.717) is 23.4 Å². The second-order valence-corrected chi connectivity index (χ2v) is 12.1. The summed E-state index contributed by atoms with van der Waals surface area (Å²) in [6, 6.07) is 0. The van der Waals surface area contributed by atoms with E-state index in [1.165, 1.54) is 12.2 Å². The molecular weight excluding hydrogens is 376 g/mol. The van der Waals surface area contributed by atoms with Gasteiger partial charge in [0.15, 0.2) is 11.6 Å². The highest BCUT2D eigenvalue weighted by atomic mass is 16.2. The third-order valence-electron chi connectivity index (χ3n) is 12.9. The quantitative estimate of drug-likeness (QED) is 0.587. The van der Waals surface area contributed by atoms with Crippen LogP contribution in [0.2, 0.25) is 0 Å². The molecule has 30 heavy (non-hydrogen) atoms. The van der Waals surface area contributed by atoms with Gasteiger partial charge < -0.3 is 0 Å². The molecular formula is C26H20O4. The lowest BCUT2D eigenvalue weighted by Crippen LogP contribution is -2.76. The normalized spacial score (nSPS) is 71.5.